The van der Waals surface area contributed by atoms with Gasteiger partial charge in [-0.1, -0.05) is 23.5 Å². The van der Waals surface area contributed by atoms with Crippen molar-refractivity contribution < 1.29 is 13.2 Å². The van der Waals surface area contributed by atoms with E-state index in [0.717, 1.165) is 33.3 Å². The van der Waals surface area contributed by atoms with Crippen molar-refractivity contribution in [3.05, 3.63) is 53.3 Å². The number of hydrogen-bond acceptors (Lipinski definition) is 6. The fourth-order valence-corrected chi connectivity index (χ4v) is 6.08. The van der Waals surface area contributed by atoms with Crippen LogP contribution in [0.3, 0.4) is 0 Å². The number of sulfonamides is 1. The molecule has 7 nitrogen and oxygen atoms in total. The van der Waals surface area contributed by atoms with Crippen LogP contribution in [0.25, 0.3) is 10.2 Å². The van der Waals surface area contributed by atoms with Crippen molar-refractivity contribution in [2.24, 2.45) is 0 Å². The third-order valence-corrected chi connectivity index (χ3v) is 7.79. The first-order valence-electron chi connectivity index (χ1n) is 9.80. The van der Waals surface area contributed by atoms with Gasteiger partial charge in [0.25, 0.3) is 0 Å². The molecule has 1 saturated heterocycles. The quantitative estimate of drug-likeness (QED) is 0.603. The summed E-state index contributed by atoms with van der Waals surface area (Å²) in [5, 5.41) is 0.565. The Morgan fingerprint density at radius 2 is 2.10 bits per heavy atom. The average molecular weight is 445 g/mol. The Morgan fingerprint density at radius 1 is 1.30 bits per heavy atom. The van der Waals surface area contributed by atoms with Crippen LogP contribution in [0, 0.1) is 13.8 Å². The zero-order chi connectivity index (χ0) is 21.5. The summed E-state index contributed by atoms with van der Waals surface area (Å²) in [6, 6.07) is 8.93. The number of anilines is 1. The zero-order valence-corrected chi connectivity index (χ0v) is 18.8. The van der Waals surface area contributed by atoms with Crippen LogP contribution in [0.5, 0.6) is 0 Å². The van der Waals surface area contributed by atoms with E-state index in [1.165, 1.54) is 15.6 Å². The van der Waals surface area contributed by atoms with Crippen molar-refractivity contribution in [2.45, 2.75) is 39.3 Å². The number of carbonyl (C=O) groups excluding carboxylic acids is 1. The maximum absolute atomic E-state index is 13.6. The summed E-state index contributed by atoms with van der Waals surface area (Å²) in [5.41, 5.74) is 3.79. The summed E-state index contributed by atoms with van der Waals surface area (Å²) in [6.07, 6.45) is 4.01. The van der Waals surface area contributed by atoms with E-state index in [9.17, 15) is 13.2 Å². The number of pyridine rings is 1. The number of fused-ring (bicyclic) bond motifs is 1. The van der Waals surface area contributed by atoms with Gasteiger partial charge < -0.3 is 0 Å². The molecule has 9 heteroatoms. The monoisotopic (exact) mass is 444 g/mol. The Hall–Kier alpha value is -2.36. The normalized spacial score (nSPS) is 17.5. The molecule has 1 aromatic carbocycles. The van der Waals surface area contributed by atoms with Gasteiger partial charge in [-0.25, -0.2) is 13.4 Å². The average Bonchev–Trinajstić information content (AvgIpc) is 3.33. The molecular formula is C21H24N4O3S2. The molecule has 0 bridgehead atoms. The molecule has 4 rings (SSSR count). The Labute approximate surface area is 180 Å². The molecule has 0 saturated carbocycles. The van der Waals surface area contributed by atoms with E-state index >= 15 is 0 Å². The number of benzene rings is 1. The molecule has 1 fully saturated rings. The third kappa shape index (κ3) is 4.10. The fraction of sp³-hybridized carbons (Fsp3) is 0.381. The van der Waals surface area contributed by atoms with Crippen LogP contribution in [0.15, 0.2) is 36.5 Å². The van der Waals surface area contributed by atoms with Crippen LogP contribution in [-0.4, -0.2) is 47.4 Å². The lowest BCUT2D eigenvalue weighted by Gasteiger charge is -2.27. The number of thiazole rings is 1. The summed E-state index contributed by atoms with van der Waals surface area (Å²) in [6.45, 7) is 4.66. The summed E-state index contributed by atoms with van der Waals surface area (Å²) in [5.74, 6) is -0.253. The summed E-state index contributed by atoms with van der Waals surface area (Å²) >= 11 is 1.45. The van der Waals surface area contributed by atoms with Gasteiger partial charge in [0.2, 0.25) is 15.9 Å². The minimum Gasteiger partial charge on any atom is -0.281 e. The van der Waals surface area contributed by atoms with Crippen LogP contribution in [0.4, 0.5) is 5.13 Å². The van der Waals surface area contributed by atoms with Crippen molar-refractivity contribution in [3.8, 4) is 0 Å². The fourth-order valence-electron chi connectivity index (χ4n) is 3.94. The van der Waals surface area contributed by atoms with Crippen molar-refractivity contribution in [1.29, 1.82) is 0 Å². The second-order valence-electron chi connectivity index (χ2n) is 7.70. The Balaban J connectivity index is 1.77. The lowest BCUT2D eigenvalue weighted by Crippen LogP contribution is -2.47. The molecule has 158 valence electrons. The second kappa shape index (κ2) is 8.05. The van der Waals surface area contributed by atoms with E-state index in [1.54, 1.807) is 11.1 Å². The van der Waals surface area contributed by atoms with Crippen LogP contribution in [-0.2, 0) is 21.4 Å². The van der Waals surface area contributed by atoms with Crippen molar-refractivity contribution in [2.75, 3.05) is 17.7 Å². The SMILES string of the molecule is Cc1cc(C)c2sc(N(Cc3ccccn3)C(=O)[C@@H]3CCCN3S(C)(=O)=O)nc2c1. The molecule has 1 aliphatic heterocycles. The molecular weight excluding hydrogens is 420 g/mol. The first-order valence-corrected chi connectivity index (χ1v) is 12.5. The van der Waals surface area contributed by atoms with Crippen LogP contribution < -0.4 is 4.90 Å². The number of rotatable bonds is 5. The van der Waals surface area contributed by atoms with Gasteiger partial charge in [-0.3, -0.25) is 14.7 Å². The predicted octanol–water partition coefficient (Wildman–Crippen LogP) is 3.27. The van der Waals surface area contributed by atoms with E-state index in [2.05, 4.69) is 11.1 Å². The van der Waals surface area contributed by atoms with Gasteiger partial charge in [0.05, 0.1) is 28.7 Å². The standard InChI is InChI=1S/C21H24N4O3S2/c1-14-11-15(2)19-17(12-14)23-21(29-19)24(13-16-7-4-5-9-22-16)20(26)18-8-6-10-25(18)30(3,27)28/h4-5,7,9,11-12,18H,6,8,10,13H2,1-3H3/t18-/m0/s1. The zero-order valence-electron chi connectivity index (χ0n) is 17.2. The smallest absolute Gasteiger partial charge is 0.247 e. The molecule has 30 heavy (non-hydrogen) atoms. The predicted molar refractivity (Wildman–Crippen MR) is 119 cm³/mol. The molecule has 0 radical (unpaired) electrons. The van der Waals surface area contributed by atoms with Crippen molar-refractivity contribution >= 4 is 42.6 Å². The molecule has 0 spiro atoms. The maximum atomic E-state index is 13.6. The Bertz CT molecular complexity index is 1190. The van der Waals surface area contributed by atoms with Gasteiger partial charge in [-0.05, 0) is 56.0 Å². The molecule has 3 heterocycles. The summed E-state index contributed by atoms with van der Waals surface area (Å²) in [7, 11) is -3.47. The Morgan fingerprint density at radius 3 is 2.80 bits per heavy atom. The van der Waals surface area contributed by atoms with Crippen molar-refractivity contribution in [1.82, 2.24) is 14.3 Å². The second-order valence-corrected chi connectivity index (χ2v) is 10.6. The number of nitrogens with zero attached hydrogens (tertiary/aromatic N) is 4. The molecule has 1 amide bonds. The van der Waals surface area contributed by atoms with Gasteiger partial charge in [-0.15, -0.1) is 0 Å². The minimum atomic E-state index is -3.47. The van der Waals surface area contributed by atoms with Gasteiger partial charge in [0.1, 0.15) is 6.04 Å². The highest BCUT2D eigenvalue weighted by Gasteiger charge is 2.39. The molecule has 0 unspecified atom stereocenters. The molecule has 2 aromatic heterocycles. The maximum Gasteiger partial charge on any atom is 0.247 e. The largest absolute Gasteiger partial charge is 0.281 e. The molecule has 0 N–H and O–H groups in total. The number of aryl methyl sites for hydroxylation is 2. The van der Waals surface area contributed by atoms with Gasteiger partial charge >= 0.3 is 0 Å². The van der Waals surface area contributed by atoms with E-state index < -0.39 is 16.1 Å². The van der Waals surface area contributed by atoms with E-state index in [0.29, 0.717) is 24.5 Å². The number of carbonyl (C=O) groups is 1. The summed E-state index contributed by atoms with van der Waals surface area (Å²) < 4.78 is 26.8. The highest BCUT2D eigenvalue weighted by Crippen LogP contribution is 2.34. The Kier molecular flexibility index (Phi) is 5.61. The van der Waals surface area contributed by atoms with Gasteiger partial charge in [-0.2, -0.15) is 4.31 Å². The minimum absolute atomic E-state index is 0.242. The van der Waals surface area contributed by atoms with E-state index in [-0.39, 0.29) is 12.5 Å². The first kappa shape index (κ1) is 20.9. The summed E-state index contributed by atoms with van der Waals surface area (Å²) in [4.78, 5) is 24.3. The highest BCUT2D eigenvalue weighted by atomic mass is 32.2. The van der Waals surface area contributed by atoms with Gasteiger partial charge in [0, 0.05) is 12.7 Å². The van der Waals surface area contributed by atoms with Crippen LogP contribution in [0.2, 0.25) is 0 Å². The van der Waals surface area contributed by atoms with Crippen LogP contribution in [0.1, 0.15) is 29.7 Å². The number of hydrogen-bond donors (Lipinski definition) is 0. The molecule has 3 aromatic rings. The third-order valence-electron chi connectivity index (χ3n) is 5.27. The van der Waals surface area contributed by atoms with Gasteiger partial charge in [0.15, 0.2) is 5.13 Å². The highest BCUT2D eigenvalue weighted by molar-refractivity contribution is 7.88. The number of amides is 1. The van der Waals surface area contributed by atoms with E-state index in [1.807, 2.05) is 38.1 Å². The lowest BCUT2D eigenvalue weighted by molar-refractivity contribution is -0.121. The topological polar surface area (TPSA) is 83.5 Å². The molecule has 0 aliphatic carbocycles. The van der Waals surface area contributed by atoms with Crippen LogP contribution >= 0.6 is 11.3 Å². The lowest BCUT2D eigenvalue weighted by atomic mass is 10.1. The molecule has 1 aliphatic rings. The van der Waals surface area contributed by atoms with E-state index in [4.69, 9.17) is 4.98 Å². The molecule has 1 atom stereocenters. The first-order chi connectivity index (χ1) is 14.2. The van der Waals surface area contributed by atoms with Crippen molar-refractivity contribution in [3.63, 3.8) is 0 Å². The number of aromatic nitrogens is 2.